The first-order chi connectivity index (χ1) is 14.5. The molecule has 1 saturated carbocycles. The maximum Gasteiger partial charge on any atom is 0.316 e. The molecule has 0 aliphatic heterocycles. The summed E-state index contributed by atoms with van der Waals surface area (Å²) in [4.78, 5) is 25.6. The second-order valence-electron chi connectivity index (χ2n) is 8.16. The molecule has 0 spiro atoms. The molecule has 6 heteroatoms. The molecule has 0 radical (unpaired) electrons. The van der Waals surface area contributed by atoms with Crippen LogP contribution in [0.5, 0.6) is 0 Å². The van der Waals surface area contributed by atoms with Crippen molar-refractivity contribution >= 4 is 28.5 Å². The van der Waals surface area contributed by atoms with Gasteiger partial charge in [-0.25, -0.2) is 0 Å². The SMILES string of the molecule is CC(C)OC(=O)C1(c2ccc(NC(=O)c3onc4ccccc34)cc2)CCCCC1. The first kappa shape index (κ1) is 20.1. The zero-order valence-electron chi connectivity index (χ0n) is 17.3. The fourth-order valence-electron chi connectivity index (χ4n) is 4.21. The normalized spacial score (nSPS) is 15.8. The highest BCUT2D eigenvalue weighted by molar-refractivity contribution is 6.10. The summed E-state index contributed by atoms with van der Waals surface area (Å²) in [5.74, 6) is -0.330. The summed E-state index contributed by atoms with van der Waals surface area (Å²) in [5, 5.41) is 7.44. The molecule has 2 aromatic carbocycles. The number of aromatic nitrogens is 1. The number of amides is 1. The lowest BCUT2D eigenvalue weighted by atomic mass is 9.69. The number of esters is 1. The molecule has 156 valence electrons. The van der Waals surface area contributed by atoms with Gasteiger partial charge in [-0.2, -0.15) is 0 Å². The molecule has 1 fully saturated rings. The topological polar surface area (TPSA) is 81.4 Å². The van der Waals surface area contributed by atoms with Gasteiger partial charge in [-0.1, -0.05) is 48.7 Å². The lowest BCUT2D eigenvalue weighted by Gasteiger charge is -2.36. The molecule has 0 atom stereocenters. The third kappa shape index (κ3) is 3.82. The van der Waals surface area contributed by atoms with Crippen LogP contribution in [0.3, 0.4) is 0 Å². The average Bonchev–Trinajstić information content (AvgIpc) is 3.18. The van der Waals surface area contributed by atoms with Crippen molar-refractivity contribution in [2.75, 3.05) is 5.32 Å². The minimum absolute atomic E-state index is 0.147. The Balaban J connectivity index is 1.55. The molecule has 0 saturated heterocycles. The molecule has 0 bridgehead atoms. The maximum absolute atomic E-state index is 13.0. The van der Waals surface area contributed by atoms with E-state index < -0.39 is 5.41 Å². The third-order valence-electron chi connectivity index (χ3n) is 5.73. The van der Waals surface area contributed by atoms with Crippen molar-refractivity contribution in [1.29, 1.82) is 0 Å². The van der Waals surface area contributed by atoms with E-state index in [1.165, 1.54) is 0 Å². The standard InChI is InChI=1S/C24H26N2O4/c1-16(2)29-23(28)24(14-6-3-7-15-24)17-10-12-18(13-11-17)25-22(27)21-19-8-4-5-9-20(19)26-30-21/h4-5,8-13,16H,3,6-7,14-15H2,1-2H3,(H,25,27). The predicted octanol–water partition coefficient (Wildman–Crippen LogP) is 5.23. The summed E-state index contributed by atoms with van der Waals surface area (Å²) < 4.78 is 10.8. The van der Waals surface area contributed by atoms with E-state index in [0.29, 0.717) is 16.6 Å². The molecule has 4 rings (SSSR count). The Morgan fingerprint density at radius 2 is 1.73 bits per heavy atom. The van der Waals surface area contributed by atoms with Crippen LogP contribution < -0.4 is 5.32 Å². The number of nitrogens with zero attached hydrogens (tertiary/aromatic N) is 1. The largest absolute Gasteiger partial charge is 0.462 e. The molecule has 1 amide bonds. The van der Waals surface area contributed by atoms with Gasteiger partial charge in [0.2, 0.25) is 5.76 Å². The number of carbonyl (C=O) groups excluding carboxylic acids is 2. The summed E-state index contributed by atoms with van der Waals surface area (Å²) in [6.45, 7) is 3.75. The van der Waals surface area contributed by atoms with E-state index in [2.05, 4.69) is 10.5 Å². The van der Waals surface area contributed by atoms with Crippen molar-refractivity contribution in [1.82, 2.24) is 5.16 Å². The molecule has 1 aliphatic carbocycles. The Bertz CT molecular complexity index is 1050. The van der Waals surface area contributed by atoms with E-state index >= 15 is 0 Å². The Kier molecular flexibility index (Phi) is 5.57. The van der Waals surface area contributed by atoms with Crippen LogP contribution in [0.1, 0.15) is 62.1 Å². The zero-order chi connectivity index (χ0) is 21.1. The van der Waals surface area contributed by atoms with Gasteiger partial charge in [-0.05, 0) is 56.5 Å². The Morgan fingerprint density at radius 3 is 2.43 bits per heavy atom. The van der Waals surface area contributed by atoms with E-state index in [9.17, 15) is 9.59 Å². The summed E-state index contributed by atoms with van der Waals surface area (Å²) in [7, 11) is 0. The van der Waals surface area contributed by atoms with Gasteiger partial charge in [0.15, 0.2) is 0 Å². The van der Waals surface area contributed by atoms with Gasteiger partial charge in [0.05, 0.1) is 16.9 Å². The van der Waals surface area contributed by atoms with Crippen LogP contribution in [-0.4, -0.2) is 23.1 Å². The number of nitrogens with one attached hydrogen (secondary N) is 1. The average molecular weight is 406 g/mol. The Morgan fingerprint density at radius 1 is 1.03 bits per heavy atom. The van der Waals surface area contributed by atoms with Crippen LogP contribution in [0.2, 0.25) is 0 Å². The quantitative estimate of drug-likeness (QED) is 0.587. The molecule has 1 heterocycles. The van der Waals surface area contributed by atoms with E-state index in [1.807, 2.05) is 50.2 Å². The Labute approximate surface area is 175 Å². The highest BCUT2D eigenvalue weighted by atomic mass is 16.5. The lowest BCUT2D eigenvalue weighted by Crippen LogP contribution is -2.40. The number of ether oxygens (including phenoxy) is 1. The highest BCUT2D eigenvalue weighted by Crippen LogP contribution is 2.41. The maximum atomic E-state index is 13.0. The number of anilines is 1. The van der Waals surface area contributed by atoms with Crippen LogP contribution >= 0.6 is 0 Å². The van der Waals surface area contributed by atoms with Crippen molar-refractivity contribution in [2.45, 2.75) is 57.5 Å². The molecule has 3 aromatic rings. The van der Waals surface area contributed by atoms with Gasteiger partial charge in [-0.15, -0.1) is 0 Å². The second-order valence-corrected chi connectivity index (χ2v) is 8.16. The number of hydrogen-bond acceptors (Lipinski definition) is 5. The molecule has 1 N–H and O–H groups in total. The van der Waals surface area contributed by atoms with Crippen molar-refractivity contribution in [3.63, 3.8) is 0 Å². The van der Waals surface area contributed by atoms with E-state index in [1.54, 1.807) is 12.1 Å². The smallest absolute Gasteiger partial charge is 0.316 e. The molecular formula is C24H26N2O4. The van der Waals surface area contributed by atoms with E-state index in [-0.39, 0.29) is 23.7 Å². The fourth-order valence-corrected chi connectivity index (χ4v) is 4.21. The molecule has 1 aromatic heterocycles. The lowest BCUT2D eigenvalue weighted by molar-refractivity contribution is -0.156. The van der Waals surface area contributed by atoms with Gasteiger partial charge < -0.3 is 14.6 Å². The monoisotopic (exact) mass is 406 g/mol. The van der Waals surface area contributed by atoms with Gasteiger partial charge in [0, 0.05) is 5.69 Å². The van der Waals surface area contributed by atoms with Crippen molar-refractivity contribution < 1.29 is 18.8 Å². The van der Waals surface area contributed by atoms with Gasteiger partial charge >= 0.3 is 5.97 Å². The van der Waals surface area contributed by atoms with Gasteiger partial charge in [-0.3, -0.25) is 9.59 Å². The number of hydrogen-bond donors (Lipinski definition) is 1. The number of rotatable bonds is 5. The van der Waals surface area contributed by atoms with Crippen LogP contribution in [0.25, 0.3) is 10.9 Å². The first-order valence-corrected chi connectivity index (χ1v) is 10.5. The minimum atomic E-state index is -0.605. The number of fused-ring (bicyclic) bond motifs is 1. The summed E-state index contributed by atoms with van der Waals surface area (Å²) >= 11 is 0. The molecule has 30 heavy (non-hydrogen) atoms. The van der Waals surface area contributed by atoms with Crippen LogP contribution in [0, 0.1) is 0 Å². The number of benzene rings is 2. The summed E-state index contributed by atoms with van der Waals surface area (Å²) in [6.07, 6.45) is 4.57. The van der Waals surface area contributed by atoms with E-state index in [4.69, 9.17) is 9.26 Å². The summed E-state index contributed by atoms with van der Waals surface area (Å²) in [6, 6.07) is 14.8. The molecule has 1 aliphatic rings. The first-order valence-electron chi connectivity index (χ1n) is 10.5. The minimum Gasteiger partial charge on any atom is -0.462 e. The predicted molar refractivity (Wildman–Crippen MR) is 114 cm³/mol. The van der Waals surface area contributed by atoms with Crippen molar-refractivity contribution in [3.05, 3.63) is 59.9 Å². The van der Waals surface area contributed by atoms with Crippen LogP contribution in [-0.2, 0) is 14.9 Å². The molecular weight excluding hydrogens is 380 g/mol. The van der Waals surface area contributed by atoms with Gasteiger partial charge in [0.1, 0.15) is 5.52 Å². The zero-order valence-corrected chi connectivity index (χ0v) is 17.3. The van der Waals surface area contributed by atoms with Gasteiger partial charge in [0.25, 0.3) is 5.91 Å². The fraction of sp³-hybridized carbons (Fsp3) is 0.375. The van der Waals surface area contributed by atoms with E-state index in [0.717, 1.165) is 37.7 Å². The van der Waals surface area contributed by atoms with Crippen LogP contribution in [0.15, 0.2) is 53.1 Å². The van der Waals surface area contributed by atoms with Crippen molar-refractivity contribution in [2.24, 2.45) is 0 Å². The molecule has 6 nitrogen and oxygen atoms in total. The highest BCUT2D eigenvalue weighted by Gasteiger charge is 2.42. The van der Waals surface area contributed by atoms with Crippen molar-refractivity contribution in [3.8, 4) is 0 Å². The third-order valence-corrected chi connectivity index (χ3v) is 5.73. The van der Waals surface area contributed by atoms with Crippen LogP contribution in [0.4, 0.5) is 5.69 Å². The number of carbonyl (C=O) groups is 2. The Hall–Kier alpha value is -3.15. The molecule has 0 unspecified atom stereocenters. The second kappa shape index (κ2) is 8.30. The summed E-state index contributed by atoms with van der Waals surface area (Å²) in [5.41, 5.74) is 1.61.